The first-order valence-electron chi connectivity index (χ1n) is 8.25. The van der Waals surface area contributed by atoms with Crippen LogP contribution in [-0.2, 0) is 16.2 Å². The van der Waals surface area contributed by atoms with Gasteiger partial charge in [0.2, 0.25) is 0 Å². The second-order valence-corrected chi connectivity index (χ2v) is 8.25. The van der Waals surface area contributed by atoms with Gasteiger partial charge in [-0.25, -0.2) is 0 Å². The molecule has 0 amide bonds. The molecule has 18 heavy (non-hydrogen) atoms. The zero-order valence-corrected chi connectivity index (χ0v) is 13.5. The highest BCUT2D eigenvalue weighted by Gasteiger charge is 2.23. The molecular weight excluding hydrogens is 216 g/mol. The largest absolute Gasteiger partial charge is 0.0629 e. The van der Waals surface area contributed by atoms with Crippen molar-refractivity contribution in [3.63, 3.8) is 0 Å². The molecule has 0 saturated heterocycles. The van der Waals surface area contributed by atoms with E-state index in [4.69, 9.17) is 4.11 Å². The summed E-state index contributed by atoms with van der Waals surface area (Å²) in [5, 5.41) is 0. The number of benzene rings is 1. The molecule has 0 saturated carbocycles. The number of hydrogen-bond donors (Lipinski definition) is 0. The zero-order chi connectivity index (χ0) is 17.0. The monoisotopic (exact) mass is 249 g/mol. The highest BCUT2D eigenvalue weighted by Crippen LogP contribution is 2.34. The van der Waals surface area contributed by atoms with Gasteiger partial charge in [0.25, 0.3) is 0 Å². The van der Waals surface area contributed by atoms with Crippen molar-refractivity contribution in [3.8, 4) is 0 Å². The van der Waals surface area contributed by atoms with Gasteiger partial charge in [0, 0.05) is 0 Å². The van der Waals surface area contributed by atoms with Crippen LogP contribution in [0, 0.1) is 0 Å². The minimum absolute atomic E-state index is 0.276. The molecule has 0 aliphatic carbocycles. The fourth-order valence-corrected chi connectivity index (χ4v) is 1.59. The third kappa shape index (κ3) is 3.60. The lowest BCUT2D eigenvalue weighted by molar-refractivity contribution is 0.548. The van der Waals surface area contributed by atoms with E-state index in [2.05, 4.69) is 0 Å². The molecule has 0 bridgehead atoms. The first-order chi connectivity index (χ1) is 9.10. The second kappa shape index (κ2) is 4.40. The van der Waals surface area contributed by atoms with Crippen LogP contribution >= 0.6 is 0 Å². The fourth-order valence-electron chi connectivity index (χ4n) is 1.59. The lowest BCUT2D eigenvalue weighted by atomic mass is 9.76. The summed E-state index contributed by atoms with van der Waals surface area (Å²) in [6.07, 6.45) is 0. The van der Waals surface area contributed by atoms with Gasteiger partial charge in [0.05, 0.1) is 4.11 Å². The van der Waals surface area contributed by atoms with Crippen LogP contribution in [0.1, 0.15) is 83.1 Å². The molecule has 102 valence electrons. The third-order valence-electron chi connectivity index (χ3n) is 3.00. The van der Waals surface area contributed by atoms with E-state index in [0.29, 0.717) is 18.1 Å². The van der Waals surface area contributed by atoms with E-state index in [9.17, 15) is 0 Å². The van der Waals surface area contributed by atoms with Gasteiger partial charge in [-0.1, -0.05) is 80.4 Å². The van der Waals surface area contributed by atoms with Crippen molar-refractivity contribution < 1.29 is 4.11 Å². The van der Waals surface area contributed by atoms with Crippen LogP contribution in [0.2, 0.25) is 0 Å². The first-order valence-corrected chi connectivity index (χ1v) is 6.75. The van der Waals surface area contributed by atoms with E-state index in [1.807, 2.05) is 62.3 Å². The van der Waals surface area contributed by atoms with Crippen molar-refractivity contribution in [1.29, 1.82) is 0 Å². The minimum Gasteiger partial charge on any atom is -0.0561 e. The lowest BCUT2D eigenvalue weighted by Gasteiger charge is -2.29. The molecule has 0 aromatic heterocycles. The molecule has 0 aliphatic rings. The van der Waals surface area contributed by atoms with Crippen LogP contribution < -0.4 is 0 Å². The summed E-state index contributed by atoms with van der Waals surface area (Å²) in [4.78, 5) is 0. The van der Waals surface area contributed by atoms with Crippen LogP contribution in [-0.4, -0.2) is 0 Å². The highest BCUT2D eigenvalue weighted by molar-refractivity contribution is 5.39. The van der Waals surface area contributed by atoms with Gasteiger partial charge in [0.15, 0.2) is 0 Å². The van der Waals surface area contributed by atoms with Crippen molar-refractivity contribution in [2.75, 3.05) is 0 Å². The molecule has 0 heterocycles. The van der Waals surface area contributed by atoms with Crippen LogP contribution in [0.3, 0.4) is 0 Å². The minimum atomic E-state index is -0.276. The van der Waals surface area contributed by atoms with Crippen molar-refractivity contribution in [2.45, 2.75) is 78.6 Å². The molecule has 0 aliphatic heterocycles. The van der Waals surface area contributed by atoms with Gasteiger partial charge in [-0.05, 0) is 32.9 Å². The molecule has 1 aromatic rings. The van der Waals surface area contributed by atoms with Gasteiger partial charge in [-0.3, -0.25) is 0 Å². The van der Waals surface area contributed by atoms with Crippen LogP contribution in [0.25, 0.3) is 0 Å². The Hall–Kier alpha value is -0.780. The molecule has 0 heteroatoms. The molecule has 1 rings (SSSR count). The van der Waals surface area contributed by atoms with E-state index in [0.717, 1.165) is 16.7 Å². The summed E-state index contributed by atoms with van der Waals surface area (Å²) in [7, 11) is 0. The van der Waals surface area contributed by atoms with Gasteiger partial charge in [-0.15, -0.1) is 0 Å². The Balaban J connectivity index is 4.04. The fraction of sp³-hybridized carbons (Fsp3) is 0.667. The first kappa shape index (κ1) is 11.1. The van der Waals surface area contributed by atoms with Crippen LogP contribution in [0.4, 0.5) is 0 Å². The van der Waals surface area contributed by atoms with E-state index in [-0.39, 0.29) is 16.2 Å². The summed E-state index contributed by atoms with van der Waals surface area (Å²) in [5.41, 5.74) is 1.45. The summed E-state index contributed by atoms with van der Waals surface area (Å²) in [6.45, 7) is 18.4. The number of rotatable bonds is 0. The highest BCUT2D eigenvalue weighted by atomic mass is 14.3. The average molecular weight is 249 g/mol. The Labute approximate surface area is 118 Å². The van der Waals surface area contributed by atoms with E-state index in [1.54, 1.807) is 0 Å². The van der Waals surface area contributed by atoms with Crippen molar-refractivity contribution in [2.24, 2.45) is 0 Å². The Morgan fingerprint density at radius 1 is 0.556 bits per heavy atom. The normalized spacial score (nSPS) is 16.2. The predicted octanol–water partition coefficient (Wildman–Crippen LogP) is 5.58. The average Bonchev–Trinajstić information content (AvgIpc) is 2.07. The summed E-state index contributed by atoms with van der Waals surface area (Å²) < 4.78 is 25.8. The van der Waals surface area contributed by atoms with Crippen molar-refractivity contribution >= 4 is 0 Å². The predicted molar refractivity (Wildman–Crippen MR) is 82.5 cm³/mol. The van der Waals surface area contributed by atoms with E-state index >= 15 is 0 Å². The molecule has 0 fully saturated rings. The van der Waals surface area contributed by atoms with Crippen molar-refractivity contribution in [3.05, 3.63) is 34.8 Å². The molecule has 0 atom stereocenters. The molecule has 0 spiro atoms. The van der Waals surface area contributed by atoms with Gasteiger partial charge in [-0.2, -0.15) is 0 Å². The van der Waals surface area contributed by atoms with E-state index in [1.165, 1.54) is 0 Å². The maximum Gasteiger partial charge on any atom is 0.0629 e. The second-order valence-electron chi connectivity index (χ2n) is 8.25. The Morgan fingerprint density at radius 3 is 0.833 bits per heavy atom. The summed E-state index contributed by atoms with van der Waals surface area (Å²) in [6, 6.07) is 1.12. The summed E-state index contributed by atoms with van der Waals surface area (Å²) >= 11 is 0. The molecule has 0 nitrogen and oxygen atoms in total. The lowest BCUT2D eigenvalue weighted by Crippen LogP contribution is -2.20. The quantitative estimate of drug-likeness (QED) is 0.563. The van der Waals surface area contributed by atoms with E-state index < -0.39 is 0 Å². The topological polar surface area (TPSA) is 0 Å². The SMILES string of the molecule is [2H]c1c(C(C)(C)C)c([2H])c(C(C)(C)C)c([2H])c1C(C)(C)C. The third-order valence-corrected chi connectivity index (χ3v) is 3.00. The molecule has 0 unspecified atom stereocenters. The molecule has 0 radical (unpaired) electrons. The van der Waals surface area contributed by atoms with Crippen molar-refractivity contribution in [1.82, 2.24) is 0 Å². The van der Waals surface area contributed by atoms with Gasteiger partial charge in [0.1, 0.15) is 0 Å². The molecular formula is C18H30. The van der Waals surface area contributed by atoms with Gasteiger partial charge >= 0.3 is 0 Å². The molecule has 1 aromatic carbocycles. The van der Waals surface area contributed by atoms with Crippen LogP contribution in [0.5, 0.6) is 0 Å². The summed E-state index contributed by atoms with van der Waals surface area (Å²) in [5.74, 6) is 0. The standard InChI is InChI=1S/C18H30/c1-16(2,3)13-10-14(17(4,5)6)12-15(11-13)18(7,8)9/h10-12H,1-9H3/i10D,11D,12D. The van der Waals surface area contributed by atoms with Gasteiger partial charge < -0.3 is 0 Å². The Morgan fingerprint density at radius 2 is 0.722 bits per heavy atom. The Kier molecular flexibility index (Phi) is 2.71. The Bertz CT molecular complexity index is 448. The zero-order valence-electron chi connectivity index (χ0n) is 16.5. The maximum atomic E-state index is 8.60. The maximum absolute atomic E-state index is 8.60. The smallest absolute Gasteiger partial charge is 0.0561 e. The van der Waals surface area contributed by atoms with Crippen LogP contribution in [0.15, 0.2) is 18.1 Å². The molecule has 0 N–H and O–H groups in total. The number of hydrogen-bond acceptors (Lipinski definition) is 0.